The maximum Gasteiger partial charge on any atom is 0.106 e. The summed E-state index contributed by atoms with van der Waals surface area (Å²) in [6, 6.07) is 2.31. The van der Waals surface area contributed by atoms with Gasteiger partial charge in [0.05, 0.1) is 6.07 Å². The molecule has 0 radical (unpaired) electrons. The largest absolute Gasteiger partial charge is 0.313 e. The van der Waals surface area contributed by atoms with E-state index in [0.717, 1.165) is 55.5 Å². The molecule has 4 saturated carbocycles. The highest BCUT2D eigenvalue weighted by Gasteiger charge is 2.48. The fourth-order valence-electron chi connectivity index (χ4n) is 5.88. The number of nitrogens with zero attached hydrogens (tertiary/aromatic N) is 2. The van der Waals surface area contributed by atoms with Crippen LogP contribution in [0.1, 0.15) is 44.9 Å². The summed E-state index contributed by atoms with van der Waals surface area (Å²) in [5, 5.41) is 9.13. The summed E-state index contributed by atoms with van der Waals surface area (Å²) >= 11 is 0. The van der Waals surface area contributed by atoms with Crippen molar-refractivity contribution in [2.75, 3.05) is 19.6 Å². The van der Waals surface area contributed by atoms with Crippen LogP contribution >= 0.6 is 0 Å². The van der Waals surface area contributed by atoms with Crippen molar-refractivity contribution in [3.05, 3.63) is 0 Å². The van der Waals surface area contributed by atoms with Crippen LogP contribution in [0.5, 0.6) is 0 Å². The maximum atomic E-state index is 9.13. The van der Waals surface area contributed by atoms with E-state index in [1.165, 1.54) is 32.2 Å². The molecule has 2 N–H and O–H groups in total. The van der Waals surface area contributed by atoms with Crippen LogP contribution in [0.25, 0.3) is 0 Å². The number of hydrogen-bond donors (Lipinski definition) is 1. The van der Waals surface area contributed by atoms with Crippen molar-refractivity contribution in [3.8, 4) is 6.07 Å². The predicted molar refractivity (Wildman–Crippen MR) is 78.7 cm³/mol. The van der Waals surface area contributed by atoms with Gasteiger partial charge in [-0.25, -0.2) is 0 Å². The fourth-order valence-corrected chi connectivity index (χ4v) is 5.88. The minimum Gasteiger partial charge on any atom is -0.313 e. The molecule has 1 saturated heterocycles. The first-order chi connectivity index (χ1) is 9.65. The first-order valence-corrected chi connectivity index (χ1v) is 8.58. The van der Waals surface area contributed by atoms with Gasteiger partial charge < -0.3 is 10.6 Å². The minimum absolute atomic E-state index is 0.541. The summed E-state index contributed by atoms with van der Waals surface area (Å²) in [4.78, 5) is 2.61. The van der Waals surface area contributed by atoms with Gasteiger partial charge in [-0.15, -0.1) is 0 Å². The number of likely N-dealkylation sites (tertiary alicyclic amines) is 1. The highest BCUT2D eigenvalue weighted by atomic mass is 15.1. The van der Waals surface area contributed by atoms with E-state index >= 15 is 0 Å². The Kier molecular flexibility index (Phi) is 3.09. The summed E-state index contributed by atoms with van der Waals surface area (Å²) in [7, 11) is 0. The lowest BCUT2D eigenvalue weighted by molar-refractivity contribution is -0.0516. The molecule has 0 unspecified atom stereocenters. The molecule has 4 bridgehead atoms. The Labute approximate surface area is 122 Å². The zero-order valence-electron chi connectivity index (χ0n) is 12.4. The van der Waals surface area contributed by atoms with E-state index in [2.05, 4.69) is 11.0 Å². The number of piperidine rings is 1. The molecule has 0 aromatic heterocycles. The summed E-state index contributed by atoms with van der Waals surface area (Å²) in [5.74, 6) is 5.14. The Morgan fingerprint density at radius 3 is 2.05 bits per heavy atom. The number of rotatable bonds is 2. The van der Waals surface area contributed by atoms with E-state index in [1.54, 1.807) is 6.42 Å². The van der Waals surface area contributed by atoms with Crippen LogP contribution in [-0.2, 0) is 0 Å². The molecule has 1 heterocycles. The van der Waals surface area contributed by atoms with Crippen LogP contribution in [0.4, 0.5) is 0 Å². The van der Waals surface area contributed by atoms with Crippen molar-refractivity contribution >= 4 is 0 Å². The normalized spacial score (nSPS) is 46.3. The summed E-state index contributed by atoms with van der Waals surface area (Å²) in [6.07, 6.45) is 9.33. The van der Waals surface area contributed by atoms with E-state index in [9.17, 15) is 0 Å². The van der Waals surface area contributed by atoms with E-state index in [0.29, 0.717) is 0 Å². The van der Waals surface area contributed by atoms with Crippen LogP contribution in [-0.4, -0.2) is 30.1 Å². The number of nitrogens with two attached hydrogens (primary N) is 1. The fraction of sp³-hybridized carbons (Fsp3) is 0.941. The van der Waals surface area contributed by atoms with Gasteiger partial charge in [0.1, 0.15) is 5.54 Å². The van der Waals surface area contributed by atoms with Gasteiger partial charge in [0.25, 0.3) is 0 Å². The van der Waals surface area contributed by atoms with Crippen molar-refractivity contribution in [2.24, 2.45) is 35.3 Å². The third kappa shape index (κ3) is 2.18. The van der Waals surface area contributed by atoms with Gasteiger partial charge in [-0.05, 0) is 74.5 Å². The van der Waals surface area contributed by atoms with Crippen molar-refractivity contribution < 1.29 is 0 Å². The average molecular weight is 273 g/mol. The van der Waals surface area contributed by atoms with E-state index in [4.69, 9.17) is 11.0 Å². The zero-order valence-corrected chi connectivity index (χ0v) is 12.4. The predicted octanol–water partition coefficient (Wildman–Crippen LogP) is 2.38. The summed E-state index contributed by atoms with van der Waals surface area (Å²) in [5.41, 5.74) is 5.54. The van der Waals surface area contributed by atoms with Crippen molar-refractivity contribution in [3.63, 3.8) is 0 Å². The molecule has 0 spiro atoms. The molecule has 3 nitrogen and oxygen atoms in total. The highest BCUT2D eigenvalue weighted by Crippen LogP contribution is 2.56. The molecule has 4 aliphatic carbocycles. The second kappa shape index (κ2) is 4.71. The van der Waals surface area contributed by atoms with Gasteiger partial charge >= 0.3 is 0 Å². The van der Waals surface area contributed by atoms with Crippen LogP contribution in [0.15, 0.2) is 0 Å². The quantitative estimate of drug-likeness (QED) is 0.840. The van der Waals surface area contributed by atoms with E-state index in [-0.39, 0.29) is 0 Å². The Morgan fingerprint density at radius 1 is 1.00 bits per heavy atom. The standard InChI is InChI=1S/C17H27N3/c18-11-17(19)1-3-20(4-2-17)10-16-14-6-12-5-13(8-14)9-15(16)7-12/h12-16H,1-10,19H2. The molecule has 5 fully saturated rings. The molecule has 5 rings (SSSR count). The van der Waals surface area contributed by atoms with Crippen LogP contribution in [0.3, 0.4) is 0 Å². The molecular weight excluding hydrogens is 246 g/mol. The molecule has 0 atom stereocenters. The highest BCUT2D eigenvalue weighted by molar-refractivity contribution is 5.07. The van der Waals surface area contributed by atoms with Crippen LogP contribution < -0.4 is 5.73 Å². The van der Waals surface area contributed by atoms with Crippen molar-refractivity contribution in [1.29, 1.82) is 5.26 Å². The third-order valence-electron chi connectivity index (χ3n) is 6.86. The first kappa shape index (κ1) is 13.1. The number of nitriles is 1. The Morgan fingerprint density at radius 2 is 1.55 bits per heavy atom. The van der Waals surface area contributed by atoms with Gasteiger partial charge in [-0.2, -0.15) is 5.26 Å². The molecule has 5 aliphatic rings. The molecule has 0 amide bonds. The lowest BCUT2D eigenvalue weighted by Crippen LogP contribution is -2.53. The SMILES string of the molecule is N#CC1(N)CCN(CC2C3CC4CC(C3)CC2C4)CC1. The smallest absolute Gasteiger partial charge is 0.106 e. The third-order valence-corrected chi connectivity index (χ3v) is 6.86. The van der Waals surface area contributed by atoms with Crippen molar-refractivity contribution in [1.82, 2.24) is 4.90 Å². The zero-order chi connectivity index (χ0) is 13.7. The molecule has 0 aromatic carbocycles. The maximum absolute atomic E-state index is 9.13. The number of hydrogen-bond acceptors (Lipinski definition) is 3. The first-order valence-electron chi connectivity index (χ1n) is 8.58. The second-order valence-corrected chi connectivity index (χ2v) is 8.16. The van der Waals surface area contributed by atoms with E-state index in [1.807, 2.05) is 0 Å². The molecule has 20 heavy (non-hydrogen) atoms. The average Bonchev–Trinajstić information content (AvgIpc) is 2.44. The molecule has 0 aromatic rings. The summed E-state index contributed by atoms with van der Waals surface area (Å²) < 4.78 is 0. The van der Waals surface area contributed by atoms with Gasteiger partial charge in [0.2, 0.25) is 0 Å². The van der Waals surface area contributed by atoms with Gasteiger partial charge in [-0.1, -0.05) is 0 Å². The second-order valence-electron chi connectivity index (χ2n) is 8.16. The summed E-state index contributed by atoms with van der Waals surface area (Å²) in [6.45, 7) is 3.36. The Balaban J connectivity index is 1.37. The molecular formula is C17H27N3. The van der Waals surface area contributed by atoms with E-state index < -0.39 is 5.54 Å². The van der Waals surface area contributed by atoms with Gasteiger partial charge in [-0.3, -0.25) is 0 Å². The molecule has 110 valence electrons. The van der Waals surface area contributed by atoms with Gasteiger partial charge in [0.15, 0.2) is 0 Å². The topological polar surface area (TPSA) is 53.1 Å². The molecule has 1 aliphatic heterocycles. The lowest BCUT2D eigenvalue weighted by atomic mass is 9.52. The monoisotopic (exact) mass is 273 g/mol. The van der Waals surface area contributed by atoms with Gasteiger partial charge in [0, 0.05) is 19.6 Å². The lowest BCUT2D eigenvalue weighted by Gasteiger charge is -2.55. The van der Waals surface area contributed by atoms with Crippen molar-refractivity contribution in [2.45, 2.75) is 50.5 Å². The molecule has 3 heteroatoms. The van der Waals surface area contributed by atoms with Crippen LogP contribution in [0, 0.1) is 40.9 Å². The Bertz CT molecular complexity index is 388. The minimum atomic E-state index is -0.541. The van der Waals surface area contributed by atoms with Crippen LogP contribution in [0.2, 0.25) is 0 Å². The Hall–Kier alpha value is -0.590.